The molecule has 132 valence electrons. The van der Waals surface area contributed by atoms with E-state index in [1.54, 1.807) is 0 Å². The van der Waals surface area contributed by atoms with Crippen LogP contribution in [0.4, 0.5) is 26.3 Å². The summed E-state index contributed by atoms with van der Waals surface area (Å²) in [5.41, 5.74) is -2.24. The van der Waals surface area contributed by atoms with Gasteiger partial charge in [0.05, 0.1) is 6.42 Å². The third kappa shape index (κ3) is 4.84. The van der Waals surface area contributed by atoms with Gasteiger partial charge in [-0.2, -0.15) is 26.3 Å². The molecule has 0 aliphatic carbocycles. The second-order valence-electron chi connectivity index (χ2n) is 5.54. The Bertz CT molecular complexity index is 435. The van der Waals surface area contributed by atoms with E-state index < -0.39 is 50.8 Å². The van der Waals surface area contributed by atoms with Crippen molar-refractivity contribution in [3.05, 3.63) is 0 Å². The van der Waals surface area contributed by atoms with E-state index in [4.69, 9.17) is 0 Å². The second-order valence-corrected chi connectivity index (χ2v) is 7.05. The van der Waals surface area contributed by atoms with Crippen molar-refractivity contribution in [2.75, 3.05) is 6.54 Å². The van der Waals surface area contributed by atoms with E-state index in [9.17, 15) is 40.7 Å². The van der Waals surface area contributed by atoms with Gasteiger partial charge in [-0.1, -0.05) is 6.92 Å². The standard InChI is InChI=1S/C11H18F6NO3P/c1-2-9(7-11(15,16)17)8(6-10(12,13)14)4-3-5-18(9)22(19,20)21/h8H,2-7H2,1H3,(H2,19,20,21). The first-order chi connectivity index (χ1) is 9.71. The van der Waals surface area contributed by atoms with Gasteiger partial charge in [-0.05, 0) is 25.2 Å². The predicted molar refractivity (Wildman–Crippen MR) is 65.8 cm³/mol. The quantitative estimate of drug-likeness (QED) is 0.593. The van der Waals surface area contributed by atoms with Crippen molar-refractivity contribution in [3.63, 3.8) is 0 Å². The number of alkyl halides is 6. The van der Waals surface area contributed by atoms with Gasteiger partial charge in [0.1, 0.15) is 0 Å². The highest BCUT2D eigenvalue weighted by molar-refractivity contribution is 7.49. The summed E-state index contributed by atoms with van der Waals surface area (Å²) in [6.45, 7) is 0.867. The molecule has 0 bridgehead atoms. The molecule has 1 heterocycles. The maximum atomic E-state index is 12.9. The first-order valence-corrected chi connectivity index (χ1v) is 8.25. The van der Waals surface area contributed by atoms with Crippen LogP contribution in [0.15, 0.2) is 0 Å². The number of halogens is 6. The minimum absolute atomic E-state index is 0.00542. The van der Waals surface area contributed by atoms with E-state index in [1.807, 2.05) is 0 Å². The van der Waals surface area contributed by atoms with E-state index in [-0.39, 0.29) is 19.4 Å². The van der Waals surface area contributed by atoms with Gasteiger partial charge in [-0.25, -0.2) is 9.24 Å². The van der Waals surface area contributed by atoms with Crippen molar-refractivity contribution in [2.45, 2.75) is 56.9 Å². The molecule has 1 aliphatic rings. The van der Waals surface area contributed by atoms with E-state index in [1.165, 1.54) is 6.92 Å². The highest BCUT2D eigenvalue weighted by Crippen LogP contribution is 2.57. The van der Waals surface area contributed by atoms with Gasteiger partial charge in [0.2, 0.25) is 0 Å². The minimum Gasteiger partial charge on any atom is -0.312 e. The van der Waals surface area contributed by atoms with Crippen molar-refractivity contribution in [2.24, 2.45) is 5.92 Å². The zero-order valence-corrected chi connectivity index (χ0v) is 12.7. The summed E-state index contributed by atoms with van der Waals surface area (Å²) >= 11 is 0. The van der Waals surface area contributed by atoms with Crippen LogP contribution in [-0.4, -0.2) is 38.9 Å². The molecule has 2 atom stereocenters. The van der Waals surface area contributed by atoms with Crippen molar-refractivity contribution in [1.82, 2.24) is 4.67 Å². The zero-order valence-electron chi connectivity index (χ0n) is 11.8. The number of rotatable bonds is 4. The van der Waals surface area contributed by atoms with Gasteiger partial charge in [0, 0.05) is 18.5 Å². The zero-order chi connectivity index (χ0) is 17.4. The fourth-order valence-corrected chi connectivity index (χ4v) is 4.63. The van der Waals surface area contributed by atoms with Crippen LogP contribution in [-0.2, 0) is 4.57 Å². The van der Waals surface area contributed by atoms with Gasteiger partial charge in [-0.3, -0.25) is 0 Å². The van der Waals surface area contributed by atoms with Gasteiger partial charge in [0.25, 0.3) is 0 Å². The van der Waals surface area contributed by atoms with Gasteiger partial charge >= 0.3 is 20.1 Å². The largest absolute Gasteiger partial charge is 0.403 e. The molecule has 0 radical (unpaired) electrons. The van der Waals surface area contributed by atoms with E-state index in [2.05, 4.69) is 0 Å². The summed E-state index contributed by atoms with van der Waals surface area (Å²) < 4.78 is 88.5. The summed E-state index contributed by atoms with van der Waals surface area (Å²) in [6.07, 6.45) is -13.3. The van der Waals surface area contributed by atoms with Gasteiger partial charge in [-0.15, -0.1) is 0 Å². The highest BCUT2D eigenvalue weighted by Gasteiger charge is 2.57. The van der Waals surface area contributed by atoms with Crippen LogP contribution in [0.2, 0.25) is 0 Å². The predicted octanol–water partition coefficient (Wildman–Crippen LogP) is 3.84. The lowest BCUT2D eigenvalue weighted by molar-refractivity contribution is -0.192. The molecule has 0 aromatic carbocycles. The van der Waals surface area contributed by atoms with E-state index in [0.717, 1.165) is 0 Å². The lowest BCUT2D eigenvalue weighted by atomic mass is 9.72. The Hall–Kier alpha value is -0.310. The number of nitrogens with zero attached hydrogens (tertiary/aromatic N) is 1. The van der Waals surface area contributed by atoms with Crippen LogP contribution < -0.4 is 0 Å². The Kier molecular flexibility index (Phi) is 5.65. The third-order valence-corrected chi connectivity index (χ3v) is 5.33. The third-order valence-electron chi connectivity index (χ3n) is 4.11. The lowest BCUT2D eigenvalue weighted by Crippen LogP contribution is -2.58. The molecule has 0 amide bonds. The van der Waals surface area contributed by atoms with Gasteiger partial charge in [0.15, 0.2) is 0 Å². The molecule has 11 heteroatoms. The topological polar surface area (TPSA) is 60.8 Å². The molecule has 1 fully saturated rings. The Morgan fingerprint density at radius 3 is 2.09 bits per heavy atom. The van der Waals surface area contributed by atoms with E-state index in [0.29, 0.717) is 4.67 Å². The second kappa shape index (κ2) is 6.30. The molecular weight excluding hydrogens is 339 g/mol. The van der Waals surface area contributed by atoms with E-state index >= 15 is 0 Å². The molecule has 0 spiro atoms. The average Bonchev–Trinajstić information content (AvgIpc) is 2.26. The summed E-state index contributed by atoms with van der Waals surface area (Å²) in [5.74, 6) is -1.51. The Morgan fingerprint density at radius 2 is 1.73 bits per heavy atom. The van der Waals surface area contributed by atoms with Crippen molar-refractivity contribution in [3.8, 4) is 0 Å². The SMILES string of the molecule is CCC1(CC(F)(F)F)C(CC(F)(F)F)CCCN1P(=O)(O)O. The molecule has 1 aliphatic heterocycles. The Morgan fingerprint density at radius 1 is 1.18 bits per heavy atom. The molecule has 2 N–H and O–H groups in total. The minimum atomic E-state index is -5.10. The number of hydrogen-bond donors (Lipinski definition) is 2. The monoisotopic (exact) mass is 357 g/mol. The molecular formula is C11H18F6NO3P. The van der Waals surface area contributed by atoms with Crippen LogP contribution >= 0.6 is 7.75 Å². The van der Waals surface area contributed by atoms with Crippen LogP contribution in [0.5, 0.6) is 0 Å². The molecule has 0 aromatic heterocycles. The van der Waals surface area contributed by atoms with Crippen molar-refractivity contribution < 1.29 is 40.7 Å². The summed E-state index contributed by atoms with van der Waals surface area (Å²) in [5, 5.41) is 0. The molecule has 22 heavy (non-hydrogen) atoms. The van der Waals surface area contributed by atoms with Crippen molar-refractivity contribution in [1.29, 1.82) is 0 Å². The Labute approximate surface area is 123 Å². The average molecular weight is 357 g/mol. The maximum absolute atomic E-state index is 12.9. The highest BCUT2D eigenvalue weighted by atomic mass is 31.2. The number of piperidine rings is 1. The molecule has 1 rings (SSSR count). The van der Waals surface area contributed by atoms with Crippen LogP contribution in [0.25, 0.3) is 0 Å². The van der Waals surface area contributed by atoms with Gasteiger partial charge < -0.3 is 9.79 Å². The number of hydrogen-bond acceptors (Lipinski definition) is 1. The summed E-state index contributed by atoms with van der Waals surface area (Å²) in [4.78, 5) is 18.6. The maximum Gasteiger partial charge on any atom is 0.403 e. The van der Waals surface area contributed by atoms with Crippen molar-refractivity contribution >= 4 is 7.75 Å². The molecule has 0 aromatic rings. The van der Waals surface area contributed by atoms with Crippen LogP contribution in [0, 0.1) is 5.92 Å². The summed E-state index contributed by atoms with van der Waals surface area (Å²) in [6, 6.07) is 0. The van der Waals surface area contributed by atoms with Crippen LogP contribution in [0.1, 0.15) is 39.0 Å². The first-order valence-electron chi connectivity index (χ1n) is 6.68. The molecule has 0 saturated carbocycles. The molecule has 4 nitrogen and oxygen atoms in total. The smallest absolute Gasteiger partial charge is 0.312 e. The normalized spacial score (nSPS) is 28.9. The Balaban J connectivity index is 3.31. The molecule has 2 unspecified atom stereocenters. The lowest BCUT2D eigenvalue weighted by Gasteiger charge is -2.52. The molecule has 1 saturated heterocycles. The van der Waals surface area contributed by atoms with Crippen LogP contribution in [0.3, 0.4) is 0 Å². The fourth-order valence-electron chi connectivity index (χ4n) is 3.33. The first kappa shape index (κ1) is 19.7. The summed E-state index contributed by atoms with van der Waals surface area (Å²) in [7, 11) is -5.10. The fraction of sp³-hybridized carbons (Fsp3) is 1.00.